The number of benzene rings is 1. The first kappa shape index (κ1) is 10.9. The van der Waals surface area contributed by atoms with Gasteiger partial charge in [-0.1, -0.05) is 23.7 Å². The largest absolute Gasteiger partial charge is 0.265 e. The summed E-state index contributed by atoms with van der Waals surface area (Å²) in [6.07, 6.45) is 1.63. The van der Waals surface area contributed by atoms with Gasteiger partial charge in [0.1, 0.15) is 11.5 Å². The molecule has 0 atom stereocenters. The Balaban J connectivity index is 2.24. The van der Waals surface area contributed by atoms with E-state index >= 15 is 0 Å². The SMILES string of the molecule is Clc1cc2nnc(-c3cccc(I)c3)n2cn1. The average molecular weight is 357 g/mol. The summed E-state index contributed by atoms with van der Waals surface area (Å²) in [5.41, 5.74) is 1.70. The molecule has 1 aromatic carbocycles. The van der Waals surface area contributed by atoms with E-state index in [-0.39, 0.29) is 0 Å². The lowest BCUT2D eigenvalue weighted by atomic mass is 10.2. The summed E-state index contributed by atoms with van der Waals surface area (Å²) in [5, 5.41) is 8.65. The van der Waals surface area contributed by atoms with Crippen molar-refractivity contribution in [3.8, 4) is 11.4 Å². The van der Waals surface area contributed by atoms with E-state index in [0.29, 0.717) is 10.8 Å². The zero-order chi connectivity index (χ0) is 11.8. The Morgan fingerprint density at radius 1 is 1.18 bits per heavy atom. The van der Waals surface area contributed by atoms with Gasteiger partial charge in [0.05, 0.1) is 0 Å². The zero-order valence-corrected chi connectivity index (χ0v) is 11.4. The molecule has 3 aromatic rings. The van der Waals surface area contributed by atoms with Crippen LogP contribution in [0.4, 0.5) is 0 Å². The van der Waals surface area contributed by atoms with Crippen molar-refractivity contribution >= 4 is 39.8 Å². The van der Waals surface area contributed by atoms with Crippen LogP contribution in [0.1, 0.15) is 0 Å². The third kappa shape index (κ3) is 2.00. The topological polar surface area (TPSA) is 43.1 Å². The summed E-state index contributed by atoms with van der Waals surface area (Å²) in [6, 6.07) is 9.74. The normalized spacial score (nSPS) is 10.9. The van der Waals surface area contributed by atoms with Gasteiger partial charge in [-0.25, -0.2) is 4.98 Å². The highest BCUT2D eigenvalue weighted by Gasteiger charge is 2.08. The lowest BCUT2D eigenvalue weighted by Gasteiger charge is -2.00. The van der Waals surface area contributed by atoms with E-state index in [2.05, 4.69) is 37.8 Å². The number of hydrogen-bond donors (Lipinski definition) is 0. The van der Waals surface area contributed by atoms with Crippen LogP contribution in [0.3, 0.4) is 0 Å². The molecule has 2 heterocycles. The smallest absolute Gasteiger partial charge is 0.169 e. The highest BCUT2D eigenvalue weighted by atomic mass is 127. The van der Waals surface area contributed by atoms with Crippen LogP contribution in [0.15, 0.2) is 36.7 Å². The molecule has 0 radical (unpaired) electrons. The molecule has 6 heteroatoms. The van der Waals surface area contributed by atoms with Crippen molar-refractivity contribution in [1.29, 1.82) is 0 Å². The molecule has 84 valence electrons. The average Bonchev–Trinajstić information content (AvgIpc) is 2.71. The molecule has 4 nitrogen and oxygen atoms in total. The van der Waals surface area contributed by atoms with E-state index in [9.17, 15) is 0 Å². The Bertz CT molecular complexity index is 695. The Kier molecular flexibility index (Phi) is 2.71. The summed E-state index contributed by atoms with van der Waals surface area (Å²) in [6.45, 7) is 0. The minimum Gasteiger partial charge on any atom is -0.265 e. The molecule has 0 saturated carbocycles. The minimum absolute atomic E-state index is 0.416. The molecule has 3 rings (SSSR count). The van der Waals surface area contributed by atoms with Gasteiger partial charge in [0.2, 0.25) is 0 Å². The predicted octanol–water partition coefficient (Wildman–Crippen LogP) is 3.05. The van der Waals surface area contributed by atoms with Crippen LogP contribution in [0.5, 0.6) is 0 Å². The van der Waals surface area contributed by atoms with Crippen LogP contribution in [-0.4, -0.2) is 19.6 Å². The lowest BCUT2D eigenvalue weighted by Crippen LogP contribution is -1.91. The summed E-state index contributed by atoms with van der Waals surface area (Å²) in [5.74, 6) is 0.766. The van der Waals surface area contributed by atoms with Gasteiger partial charge in [0, 0.05) is 15.2 Å². The van der Waals surface area contributed by atoms with Gasteiger partial charge in [0.15, 0.2) is 11.5 Å². The fourth-order valence-corrected chi connectivity index (χ4v) is 2.28. The molecule has 0 amide bonds. The second kappa shape index (κ2) is 4.23. The summed E-state index contributed by atoms with van der Waals surface area (Å²) in [7, 11) is 0. The molecule has 0 bridgehead atoms. The molecule has 0 aliphatic heterocycles. The summed E-state index contributed by atoms with van der Waals surface area (Å²) in [4.78, 5) is 4.03. The highest BCUT2D eigenvalue weighted by molar-refractivity contribution is 14.1. The first-order valence-electron chi connectivity index (χ1n) is 4.86. The number of nitrogens with zero attached hydrogens (tertiary/aromatic N) is 4. The molecule has 0 unspecified atom stereocenters. The Hall–Kier alpha value is -1.21. The number of hydrogen-bond acceptors (Lipinski definition) is 3. The van der Waals surface area contributed by atoms with E-state index in [1.54, 1.807) is 12.4 Å². The monoisotopic (exact) mass is 356 g/mol. The minimum atomic E-state index is 0.416. The molecule has 0 fully saturated rings. The summed E-state index contributed by atoms with van der Waals surface area (Å²) < 4.78 is 2.97. The predicted molar refractivity (Wildman–Crippen MR) is 73.9 cm³/mol. The fraction of sp³-hybridized carbons (Fsp3) is 0. The maximum Gasteiger partial charge on any atom is 0.169 e. The molecule has 0 aliphatic carbocycles. The number of halogens is 2. The van der Waals surface area contributed by atoms with Gasteiger partial charge < -0.3 is 0 Å². The van der Waals surface area contributed by atoms with E-state index in [4.69, 9.17) is 11.6 Å². The molecule has 0 saturated heterocycles. The molecular weight excluding hydrogens is 351 g/mol. The van der Waals surface area contributed by atoms with Gasteiger partial charge in [-0.15, -0.1) is 10.2 Å². The quantitative estimate of drug-likeness (QED) is 0.497. The van der Waals surface area contributed by atoms with Gasteiger partial charge in [0.25, 0.3) is 0 Å². The van der Waals surface area contributed by atoms with Crippen molar-refractivity contribution in [3.05, 3.63) is 45.4 Å². The van der Waals surface area contributed by atoms with Gasteiger partial charge in [-0.3, -0.25) is 4.40 Å². The second-order valence-corrected chi connectivity index (χ2v) is 5.11. The van der Waals surface area contributed by atoms with Crippen LogP contribution in [0.2, 0.25) is 5.15 Å². The maximum absolute atomic E-state index is 5.81. The molecule has 2 aromatic heterocycles. The fourth-order valence-electron chi connectivity index (χ4n) is 1.60. The van der Waals surface area contributed by atoms with Crippen molar-refractivity contribution in [2.24, 2.45) is 0 Å². The van der Waals surface area contributed by atoms with Gasteiger partial charge >= 0.3 is 0 Å². The van der Waals surface area contributed by atoms with Crippen LogP contribution >= 0.6 is 34.2 Å². The van der Waals surface area contributed by atoms with E-state index < -0.39 is 0 Å². The third-order valence-electron chi connectivity index (χ3n) is 2.35. The van der Waals surface area contributed by atoms with Gasteiger partial charge in [-0.05, 0) is 34.7 Å². The third-order valence-corrected chi connectivity index (χ3v) is 3.23. The van der Waals surface area contributed by atoms with Crippen molar-refractivity contribution in [2.75, 3.05) is 0 Å². The van der Waals surface area contributed by atoms with E-state index in [1.165, 1.54) is 0 Å². The van der Waals surface area contributed by atoms with E-state index in [0.717, 1.165) is 15.0 Å². The number of aromatic nitrogens is 4. The van der Waals surface area contributed by atoms with Crippen LogP contribution in [-0.2, 0) is 0 Å². The van der Waals surface area contributed by atoms with Crippen LogP contribution < -0.4 is 0 Å². The maximum atomic E-state index is 5.81. The molecule has 0 spiro atoms. The standard InChI is InChI=1S/C11H6ClIN4/c12-9-5-10-15-16-11(17(10)6-14-9)7-2-1-3-8(13)4-7/h1-6H. The Morgan fingerprint density at radius 3 is 2.88 bits per heavy atom. The number of rotatable bonds is 1. The van der Waals surface area contributed by atoms with Crippen molar-refractivity contribution in [2.45, 2.75) is 0 Å². The van der Waals surface area contributed by atoms with Crippen molar-refractivity contribution in [3.63, 3.8) is 0 Å². The zero-order valence-electron chi connectivity index (χ0n) is 8.51. The van der Waals surface area contributed by atoms with Crippen LogP contribution in [0, 0.1) is 3.57 Å². The Morgan fingerprint density at radius 2 is 2.06 bits per heavy atom. The van der Waals surface area contributed by atoms with Crippen molar-refractivity contribution < 1.29 is 0 Å². The first-order chi connectivity index (χ1) is 8.24. The van der Waals surface area contributed by atoms with Crippen LogP contribution in [0.25, 0.3) is 17.0 Å². The molecule has 0 N–H and O–H groups in total. The molecular formula is C11H6ClIN4. The first-order valence-corrected chi connectivity index (χ1v) is 6.32. The van der Waals surface area contributed by atoms with Gasteiger partial charge in [-0.2, -0.15) is 0 Å². The van der Waals surface area contributed by atoms with Crippen molar-refractivity contribution in [1.82, 2.24) is 19.6 Å². The lowest BCUT2D eigenvalue weighted by molar-refractivity contribution is 1.08. The molecule has 0 aliphatic rings. The van der Waals surface area contributed by atoms with E-state index in [1.807, 2.05) is 28.7 Å². The highest BCUT2D eigenvalue weighted by Crippen LogP contribution is 2.20. The Labute approximate surface area is 116 Å². The number of fused-ring (bicyclic) bond motifs is 1. The summed E-state index contributed by atoms with van der Waals surface area (Å²) >= 11 is 8.07. The molecule has 17 heavy (non-hydrogen) atoms. The second-order valence-electron chi connectivity index (χ2n) is 3.47.